The van der Waals surface area contributed by atoms with E-state index in [0.29, 0.717) is 6.07 Å². The maximum Gasteiger partial charge on any atom is 0.416 e. The third-order valence-electron chi connectivity index (χ3n) is 5.22. The number of carbonyl (C=O) groups is 3. The molecule has 2 aromatic rings. The van der Waals surface area contributed by atoms with Gasteiger partial charge in [0.05, 0.1) is 29.3 Å². The van der Waals surface area contributed by atoms with Crippen LogP contribution in [0.5, 0.6) is 17.2 Å². The summed E-state index contributed by atoms with van der Waals surface area (Å²) in [6, 6.07) is 4.72. The fraction of sp³-hybridized carbons (Fsp3) is 0.348. The van der Waals surface area contributed by atoms with E-state index in [1.807, 2.05) is 0 Å². The Morgan fingerprint density at radius 3 is 2.53 bits per heavy atom. The van der Waals surface area contributed by atoms with E-state index in [2.05, 4.69) is 5.32 Å². The van der Waals surface area contributed by atoms with Gasteiger partial charge >= 0.3 is 12.1 Å². The first-order valence-corrected chi connectivity index (χ1v) is 10.9. The first-order chi connectivity index (χ1) is 16.8. The SMILES string of the molecule is CCOC(=O)CCNC(=O)C1(C)Oc2cc(Oc3c(F)cc(C(F)(F)F)cc3Cl)ccc2N(C)C1=O. The maximum atomic E-state index is 14.4. The summed E-state index contributed by atoms with van der Waals surface area (Å²) in [6.07, 6.45) is -4.92. The highest BCUT2D eigenvalue weighted by molar-refractivity contribution is 6.32. The van der Waals surface area contributed by atoms with Crippen LogP contribution in [0.15, 0.2) is 30.3 Å². The van der Waals surface area contributed by atoms with Gasteiger partial charge in [-0.1, -0.05) is 11.6 Å². The van der Waals surface area contributed by atoms with Gasteiger partial charge in [0.2, 0.25) is 0 Å². The lowest BCUT2D eigenvalue weighted by Crippen LogP contribution is -2.61. The molecule has 0 bridgehead atoms. The molecule has 36 heavy (non-hydrogen) atoms. The predicted octanol–water partition coefficient (Wildman–Crippen LogP) is 4.47. The quantitative estimate of drug-likeness (QED) is 0.321. The number of benzene rings is 2. The molecule has 8 nitrogen and oxygen atoms in total. The van der Waals surface area contributed by atoms with Crippen LogP contribution in [0.25, 0.3) is 0 Å². The van der Waals surface area contributed by atoms with Crippen LogP contribution in [0.4, 0.5) is 23.2 Å². The van der Waals surface area contributed by atoms with Gasteiger partial charge in [-0.3, -0.25) is 14.4 Å². The summed E-state index contributed by atoms with van der Waals surface area (Å²) >= 11 is 5.82. The smallest absolute Gasteiger partial charge is 0.416 e. The number of anilines is 1. The Balaban J connectivity index is 1.83. The van der Waals surface area contributed by atoms with E-state index in [1.165, 1.54) is 37.1 Å². The number of esters is 1. The third kappa shape index (κ3) is 5.48. The average Bonchev–Trinajstić information content (AvgIpc) is 2.79. The topological polar surface area (TPSA) is 94.2 Å². The van der Waals surface area contributed by atoms with E-state index < -0.39 is 51.7 Å². The molecular formula is C23H21ClF4N2O6. The highest BCUT2D eigenvalue weighted by Crippen LogP contribution is 2.43. The van der Waals surface area contributed by atoms with Crippen molar-refractivity contribution in [3.63, 3.8) is 0 Å². The lowest BCUT2D eigenvalue weighted by molar-refractivity contribution is -0.148. The fourth-order valence-corrected chi connectivity index (χ4v) is 3.62. The van der Waals surface area contributed by atoms with Crippen molar-refractivity contribution < 1.29 is 46.2 Å². The standard InChI is InChI=1S/C23H21ClF4N2O6/c1-4-34-18(31)7-8-29-20(32)22(2)21(33)30(3)16-6-5-13(11-17(16)36-22)35-19-14(24)9-12(10-15(19)25)23(26,27)28/h5-6,9-11H,4,7-8H2,1-3H3,(H,29,32). The van der Waals surface area contributed by atoms with Crippen LogP contribution in [-0.2, 0) is 25.3 Å². The zero-order valence-electron chi connectivity index (χ0n) is 19.3. The first-order valence-electron chi connectivity index (χ1n) is 10.6. The number of fused-ring (bicyclic) bond motifs is 1. The van der Waals surface area contributed by atoms with Gasteiger partial charge in [0.25, 0.3) is 17.4 Å². The molecule has 0 saturated carbocycles. The van der Waals surface area contributed by atoms with E-state index in [4.69, 9.17) is 25.8 Å². The Labute approximate surface area is 208 Å². The molecule has 3 rings (SSSR count). The van der Waals surface area contributed by atoms with Crippen LogP contribution in [-0.4, -0.2) is 43.6 Å². The Hall–Kier alpha value is -3.54. The van der Waals surface area contributed by atoms with Gasteiger partial charge in [0.15, 0.2) is 11.6 Å². The minimum absolute atomic E-state index is 0.00100. The zero-order chi connectivity index (χ0) is 26.8. The number of halogens is 5. The molecule has 194 valence electrons. The molecule has 1 unspecified atom stereocenters. The zero-order valence-corrected chi connectivity index (χ0v) is 20.1. The van der Waals surface area contributed by atoms with Crippen molar-refractivity contribution in [3.8, 4) is 17.2 Å². The summed E-state index contributed by atoms with van der Waals surface area (Å²) in [5.41, 5.74) is -3.05. The number of alkyl halides is 3. The molecule has 1 aliphatic rings. The number of ether oxygens (including phenoxy) is 3. The average molecular weight is 533 g/mol. The van der Waals surface area contributed by atoms with Gasteiger partial charge in [0, 0.05) is 19.7 Å². The van der Waals surface area contributed by atoms with Crippen LogP contribution in [0, 0.1) is 5.82 Å². The molecule has 13 heteroatoms. The molecule has 1 N–H and O–H groups in total. The molecule has 1 heterocycles. The number of hydrogen-bond donors (Lipinski definition) is 1. The van der Waals surface area contributed by atoms with Crippen molar-refractivity contribution in [3.05, 3.63) is 46.7 Å². The lowest BCUT2D eigenvalue weighted by atomic mass is 10.0. The summed E-state index contributed by atoms with van der Waals surface area (Å²) in [4.78, 5) is 38.3. The van der Waals surface area contributed by atoms with Crippen LogP contribution in [0.1, 0.15) is 25.8 Å². The summed E-state index contributed by atoms with van der Waals surface area (Å²) in [5, 5.41) is 1.84. The van der Waals surface area contributed by atoms with Gasteiger partial charge < -0.3 is 24.4 Å². The fourth-order valence-electron chi connectivity index (χ4n) is 3.37. The van der Waals surface area contributed by atoms with Crippen molar-refractivity contribution in [1.82, 2.24) is 5.32 Å². The number of amides is 2. The Bertz CT molecular complexity index is 1180. The molecule has 1 atom stereocenters. The predicted molar refractivity (Wildman–Crippen MR) is 120 cm³/mol. The monoisotopic (exact) mass is 532 g/mol. The molecule has 0 saturated heterocycles. The van der Waals surface area contributed by atoms with Gasteiger partial charge in [0.1, 0.15) is 11.5 Å². The Morgan fingerprint density at radius 1 is 1.22 bits per heavy atom. The number of carbonyl (C=O) groups excluding carboxylic acids is 3. The second-order valence-corrected chi connectivity index (χ2v) is 8.22. The van der Waals surface area contributed by atoms with Crippen molar-refractivity contribution in [1.29, 1.82) is 0 Å². The van der Waals surface area contributed by atoms with Crippen molar-refractivity contribution in [2.24, 2.45) is 0 Å². The number of nitrogens with one attached hydrogen (secondary N) is 1. The molecule has 0 aromatic heterocycles. The second-order valence-electron chi connectivity index (χ2n) is 7.81. The van der Waals surface area contributed by atoms with Crippen molar-refractivity contribution >= 4 is 35.1 Å². The summed E-state index contributed by atoms with van der Waals surface area (Å²) in [7, 11) is 1.40. The van der Waals surface area contributed by atoms with Gasteiger partial charge in [-0.15, -0.1) is 0 Å². The minimum Gasteiger partial charge on any atom is -0.466 e. The number of rotatable bonds is 7. The number of likely N-dealkylation sites (N-methyl/N-ethyl adjacent to an activating group) is 1. The molecule has 0 aliphatic carbocycles. The summed E-state index contributed by atoms with van der Waals surface area (Å²) < 4.78 is 68.8. The highest BCUT2D eigenvalue weighted by atomic mass is 35.5. The van der Waals surface area contributed by atoms with Crippen LogP contribution in [0.2, 0.25) is 5.02 Å². The molecule has 2 aromatic carbocycles. The van der Waals surface area contributed by atoms with Crippen LogP contribution >= 0.6 is 11.6 Å². The first kappa shape index (κ1) is 27.1. The minimum atomic E-state index is -4.80. The normalized spacial score (nSPS) is 17.2. The van der Waals surface area contributed by atoms with Gasteiger partial charge in [-0.2, -0.15) is 13.2 Å². The Kier molecular flexibility index (Phi) is 7.68. The molecule has 0 spiro atoms. The molecule has 0 fully saturated rings. The highest BCUT2D eigenvalue weighted by Gasteiger charge is 2.49. The van der Waals surface area contributed by atoms with E-state index in [9.17, 15) is 31.9 Å². The van der Waals surface area contributed by atoms with E-state index in [0.717, 1.165) is 0 Å². The lowest BCUT2D eigenvalue weighted by Gasteiger charge is -2.38. The molecule has 2 amide bonds. The third-order valence-corrected chi connectivity index (χ3v) is 5.50. The Morgan fingerprint density at radius 2 is 1.92 bits per heavy atom. The molecular weight excluding hydrogens is 512 g/mol. The van der Waals surface area contributed by atoms with Gasteiger partial charge in [-0.25, -0.2) is 4.39 Å². The van der Waals surface area contributed by atoms with Crippen molar-refractivity contribution in [2.75, 3.05) is 25.1 Å². The maximum absolute atomic E-state index is 14.4. The summed E-state index contributed by atoms with van der Waals surface area (Å²) in [6.45, 7) is 2.95. The molecule has 0 radical (unpaired) electrons. The van der Waals surface area contributed by atoms with Gasteiger partial charge in [-0.05, 0) is 38.1 Å². The largest absolute Gasteiger partial charge is 0.466 e. The number of hydrogen-bond acceptors (Lipinski definition) is 6. The number of nitrogens with zero attached hydrogens (tertiary/aromatic N) is 1. The van der Waals surface area contributed by atoms with E-state index in [-0.39, 0.29) is 42.8 Å². The molecule has 1 aliphatic heterocycles. The van der Waals surface area contributed by atoms with E-state index >= 15 is 0 Å². The van der Waals surface area contributed by atoms with E-state index in [1.54, 1.807) is 6.92 Å². The van der Waals surface area contributed by atoms with Crippen LogP contribution < -0.4 is 19.7 Å². The summed E-state index contributed by atoms with van der Waals surface area (Å²) in [5.74, 6) is -4.12. The second kappa shape index (κ2) is 10.2. The van der Waals surface area contributed by atoms with Crippen LogP contribution in [0.3, 0.4) is 0 Å². The van der Waals surface area contributed by atoms with Crippen molar-refractivity contribution in [2.45, 2.75) is 32.0 Å².